The van der Waals surface area contributed by atoms with E-state index in [9.17, 15) is 4.79 Å². The average molecular weight is 388 g/mol. The molecule has 1 unspecified atom stereocenters. The fourth-order valence-electron chi connectivity index (χ4n) is 2.50. The Morgan fingerprint density at radius 2 is 1.96 bits per heavy atom. The van der Waals surface area contributed by atoms with Gasteiger partial charge in [0.1, 0.15) is 0 Å². The Morgan fingerprint density at radius 3 is 2.69 bits per heavy atom. The minimum Gasteiger partial charge on any atom is -0.345 e. The summed E-state index contributed by atoms with van der Waals surface area (Å²) in [5.41, 5.74) is 1.49. The number of thioether (sulfide) groups is 1. The molecule has 0 saturated heterocycles. The number of aryl methyl sites for hydroxylation is 1. The molecule has 7 heteroatoms. The van der Waals surface area contributed by atoms with E-state index in [0.29, 0.717) is 28.1 Å². The molecular formula is C19H18ClN3O2S. The van der Waals surface area contributed by atoms with Crippen molar-refractivity contribution in [2.24, 2.45) is 0 Å². The van der Waals surface area contributed by atoms with Crippen molar-refractivity contribution in [3.8, 4) is 0 Å². The molecule has 1 aromatic heterocycles. The first-order valence-electron chi connectivity index (χ1n) is 8.11. The van der Waals surface area contributed by atoms with Gasteiger partial charge in [-0.3, -0.25) is 4.79 Å². The molecule has 0 bridgehead atoms. The van der Waals surface area contributed by atoms with Crippen molar-refractivity contribution in [3.63, 3.8) is 0 Å². The molecule has 0 aliphatic heterocycles. The number of amides is 1. The molecule has 0 radical (unpaired) electrons. The van der Waals surface area contributed by atoms with Gasteiger partial charge >= 0.3 is 0 Å². The fraction of sp³-hybridized carbons (Fsp3) is 0.211. The maximum Gasteiger partial charge on any atom is 0.252 e. The van der Waals surface area contributed by atoms with E-state index in [-0.39, 0.29) is 11.9 Å². The van der Waals surface area contributed by atoms with E-state index in [0.717, 1.165) is 10.5 Å². The third kappa shape index (κ3) is 4.45. The highest BCUT2D eigenvalue weighted by atomic mass is 35.5. The molecule has 0 fully saturated rings. The standard InChI is InChI=1S/C19H18ClN3O2S/c1-12(14-7-3-5-9-16(14)20)21-19(24)15-8-4-6-10-17(15)26-11-18-22-13(2)23-25-18/h3-10,12H,11H2,1-2H3,(H,21,24). The van der Waals surface area contributed by atoms with Crippen LogP contribution in [0.5, 0.6) is 0 Å². The van der Waals surface area contributed by atoms with Crippen LogP contribution in [0, 0.1) is 6.92 Å². The molecule has 0 saturated carbocycles. The van der Waals surface area contributed by atoms with Crippen LogP contribution >= 0.6 is 23.4 Å². The van der Waals surface area contributed by atoms with Crippen molar-refractivity contribution >= 4 is 29.3 Å². The van der Waals surface area contributed by atoms with Crippen LogP contribution in [-0.2, 0) is 5.75 Å². The van der Waals surface area contributed by atoms with E-state index in [1.54, 1.807) is 13.0 Å². The second kappa shape index (κ2) is 8.38. The molecule has 0 aliphatic carbocycles. The normalized spacial score (nSPS) is 12.0. The number of halogens is 1. The van der Waals surface area contributed by atoms with Gasteiger partial charge in [-0.15, -0.1) is 11.8 Å². The molecule has 3 rings (SSSR count). The van der Waals surface area contributed by atoms with Gasteiger partial charge in [-0.2, -0.15) is 4.98 Å². The molecule has 3 aromatic rings. The Bertz CT molecular complexity index is 913. The number of nitrogens with one attached hydrogen (secondary N) is 1. The van der Waals surface area contributed by atoms with Crippen molar-refractivity contribution in [2.45, 2.75) is 30.5 Å². The van der Waals surface area contributed by atoms with E-state index in [2.05, 4.69) is 15.5 Å². The first-order valence-corrected chi connectivity index (χ1v) is 9.47. The van der Waals surface area contributed by atoms with E-state index in [4.69, 9.17) is 16.1 Å². The van der Waals surface area contributed by atoms with Gasteiger partial charge in [-0.25, -0.2) is 0 Å². The molecule has 1 amide bonds. The third-order valence-corrected chi connectivity index (χ3v) is 5.17. The minimum absolute atomic E-state index is 0.151. The fourth-order valence-corrected chi connectivity index (χ4v) is 3.68. The van der Waals surface area contributed by atoms with Gasteiger partial charge in [0.25, 0.3) is 5.91 Å². The lowest BCUT2D eigenvalue weighted by molar-refractivity contribution is 0.0937. The Labute approximate surface area is 161 Å². The van der Waals surface area contributed by atoms with Crippen molar-refractivity contribution in [1.29, 1.82) is 0 Å². The Hall–Kier alpha value is -2.31. The molecular weight excluding hydrogens is 370 g/mol. The van der Waals surface area contributed by atoms with Gasteiger partial charge in [-0.05, 0) is 37.6 Å². The zero-order valence-corrected chi connectivity index (χ0v) is 16.0. The lowest BCUT2D eigenvalue weighted by Gasteiger charge is -2.17. The van der Waals surface area contributed by atoms with E-state index < -0.39 is 0 Å². The van der Waals surface area contributed by atoms with Crippen molar-refractivity contribution in [1.82, 2.24) is 15.5 Å². The van der Waals surface area contributed by atoms with Crippen molar-refractivity contribution in [2.75, 3.05) is 0 Å². The lowest BCUT2D eigenvalue weighted by Crippen LogP contribution is -2.27. The van der Waals surface area contributed by atoms with Crippen LogP contribution < -0.4 is 5.32 Å². The summed E-state index contributed by atoms with van der Waals surface area (Å²) in [7, 11) is 0. The van der Waals surface area contributed by atoms with Gasteiger partial charge in [0.2, 0.25) is 5.89 Å². The molecule has 1 heterocycles. The Morgan fingerprint density at radius 1 is 1.23 bits per heavy atom. The number of nitrogens with zero attached hydrogens (tertiary/aromatic N) is 2. The number of hydrogen-bond donors (Lipinski definition) is 1. The Kier molecular flexibility index (Phi) is 5.96. The second-order valence-electron chi connectivity index (χ2n) is 5.74. The summed E-state index contributed by atoms with van der Waals surface area (Å²) < 4.78 is 5.12. The molecule has 1 atom stereocenters. The molecule has 2 aromatic carbocycles. The minimum atomic E-state index is -0.201. The summed E-state index contributed by atoms with van der Waals surface area (Å²) in [5.74, 6) is 1.49. The number of aromatic nitrogens is 2. The molecule has 134 valence electrons. The summed E-state index contributed by atoms with van der Waals surface area (Å²) in [6.45, 7) is 3.69. The highest BCUT2D eigenvalue weighted by Gasteiger charge is 2.17. The van der Waals surface area contributed by atoms with E-state index >= 15 is 0 Å². The maximum absolute atomic E-state index is 12.8. The molecule has 26 heavy (non-hydrogen) atoms. The number of carbonyl (C=O) groups is 1. The summed E-state index contributed by atoms with van der Waals surface area (Å²) in [5, 5.41) is 7.42. The summed E-state index contributed by atoms with van der Waals surface area (Å²) >= 11 is 7.71. The van der Waals surface area contributed by atoms with E-state index in [1.165, 1.54) is 11.8 Å². The summed E-state index contributed by atoms with van der Waals surface area (Å²) in [6.07, 6.45) is 0. The largest absolute Gasteiger partial charge is 0.345 e. The van der Waals surface area contributed by atoms with Gasteiger partial charge in [0.15, 0.2) is 5.82 Å². The zero-order chi connectivity index (χ0) is 18.5. The van der Waals surface area contributed by atoms with Gasteiger partial charge < -0.3 is 9.84 Å². The summed E-state index contributed by atoms with van der Waals surface area (Å²) in [4.78, 5) is 17.8. The number of benzene rings is 2. The quantitative estimate of drug-likeness (QED) is 0.614. The first-order chi connectivity index (χ1) is 12.5. The maximum atomic E-state index is 12.8. The third-order valence-electron chi connectivity index (χ3n) is 3.77. The van der Waals surface area contributed by atoms with Gasteiger partial charge in [0, 0.05) is 9.92 Å². The van der Waals surface area contributed by atoms with Gasteiger partial charge in [-0.1, -0.05) is 47.1 Å². The number of hydrogen-bond acceptors (Lipinski definition) is 5. The van der Waals surface area contributed by atoms with Crippen LogP contribution in [0.4, 0.5) is 0 Å². The van der Waals surface area contributed by atoms with Crippen LogP contribution in [0.25, 0.3) is 0 Å². The van der Waals surface area contributed by atoms with Crippen molar-refractivity contribution < 1.29 is 9.32 Å². The topological polar surface area (TPSA) is 68.0 Å². The average Bonchev–Trinajstić information content (AvgIpc) is 3.05. The predicted octanol–water partition coefficient (Wildman–Crippen LogP) is 4.81. The monoisotopic (exact) mass is 387 g/mol. The first kappa shape index (κ1) is 18.5. The number of carbonyl (C=O) groups excluding carboxylic acids is 1. The predicted molar refractivity (Wildman–Crippen MR) is 102 cm³/mol. The number of rotatable bonds is 6. The van der Waals surface area contributed by atoms with E-state index in [1.807, 2.05) is 49.4 Å². The SMILES string of the molecule is Cc1noc(CSc2ccccc2C(=O)NC(C)c2ccccc2Cl)n1. The van der Waals surface area contributed by atoms with Crippen LogP contribution in [0.2, 0.25) is 5.02 Å². The zero-order valence-electron chi connectivity index (χ0n) is 14.4. The highest BCUT2D eigenvalue weighted by molar-refractivity contribution is 7.98. The van der Waals surface area contributed by atoms with Crippen LogP contribution in [0.3, 0.4) is 0 Å². The van der Waals surface area contributed by atoms with Crippen LogP contribution in [0.1, 0.15) is 40.6 Å². The smallest absolute Gasteiger partial charge is 0.252 e. The summed E-state index contributed by atoms with van der Waals surface area (Å²) in [6, 6.07) is 14.7. The Balaban J connectivity index is 1.72. The second-order valence-corrected chi connectivity index (χ2v) is 7.16. The van der Waals surface area contributed by atoms with Crippen LogP contribution in [-0.4, -0.2) is 16.0 Å². The molecule has 1 N–H and O–H groups in total. The lowest BCUT2D eigenvalue weighted by atomic mass is 10.1. The molecule has 0 spiro atoms. The van der Waals surface area contributed by atoms with Gasteiger partial charge in [0.05, 0.1) is 17.4 Å². The molecule has 5 nitrogen and oxygen atoms in total. The highest BCUT2D eigenvalue weighted by Crippen LogP contribution is 2.27. The van der Waals surface area contributed by atoms with Crippen LogP contribution in [0.15, 0.2) is 57.9 Å². The van der Waals surface area contributed by atoms with Crippen molar-refractivity contribution in [3.05, 3.63) is 76.4 Å². The molecule has 0 aliphatic rings.